The zero-order valence-electron chi connectivity index (χ0n) is 9.54. The molecule has 0 saturated heterocycles. The number of rotatable bonds is 6. The molecular formula is C12H18FN3. The summed E-state index contributed by atoms with van der Waals surface area (Å²) in [5, 5.41) is 6.73. The average molecular weight is 223 g/mol. The highest BCUT2D eigenvalue weighted by Crippen LogP contribution is 2.18. The molecule has 1 saturated carbocycles. The quantitative estimate of drug-likeness (QED) is 0.766. The van der Waals surface area contributed by atoms with Gasteiger partial charge in [-0.2, -0.15) is 0 Å². The number of hydrogen-bond donors (Lipinski definition) is 2. The molecular weight excluding hydrogens is 205 g/mol. The molecule has 4 heteroatoms. The van der Waals surface area contributed by atoms with Gasteiger partial charge in [0.1, 0.15) is 5.82 Å². The van der Waals surface area contributed by atoms with Crippen LogP contribution in [0.25, 0.3) is 0 Å². The van der Waals surface area contributed by atoms with Crippen molar-refractivity contribution in [3.8, 4) is 0 Å². The minimum Gasteiger partial charge on any atom is -0.312 e. The molecule has 0 amide bonds. The van der Waals surface area contributed by atoms with Crippen molar-refractivity contribution in [1.29, 1.82) is 0 Å². The summed E-state index contributed by atoms with van der Waals surface area (Å²) in [6, 6.07) is 2.79. The number of aromatic nitrogens is 1. The van der Waals surface area contributed by atoms with Crippen LogP contribution in [-0.4, -0.2) is 23.6 Å². The van der Waals surface area contributed by atoms with Crippen molar-refractivity contribution in [3.63, 3.8) is 0 Å². The van der Waals surface area contributed by atoms with Crippen LogP contribution in [0.5, 0.6) is 0 Å². The molecule has 0 aliphatic heterocycles. The van der Waals surface area contributed by atoms with Crippen LogP contribution in [0.15, 0.2) is 18.5 Å². The average Bonchev–Trinajstić information content (AvgIpc) is 3.09. The second-order valence-corrected chi connectivity index (χ2v) is 4.43. The SMILES string of the molecule is CC(CNC1CC1)NCc1ccncc1F. The molecule has 2 N–H and O–H groups in total. The van der Waals surface area contributed by atoms with Crippen LogP contribution in [0, 0.1) is 5.82 Å². The Kier molecular flexibility index (Phi) is 3.85. The van der Waals surface area contributed by atoms with E-state index >= 15 is 0 Å². The normalized spacial score (nSPS) is 17.4. The van der Waals surface area contributed by atoms with E-state index in [0.717, 1.165) is 12.6 Å². The second kappa shape index (κ2) is 5.37. The molecule has 1 aromatic rings. The van der Waals surface area contributed by atoms with Gasteiger partial charge in [-0.1, -0.05) is 0 Å². The topological polar surface area (TPSA) is 37.0 Å². The highest BCUT2D eigenvalue weighted by molar-refractivity contribution is 5.12. The van der Waals surface area contributed by atoms with Crippen LogP contribution in [0.4, 0.5) is 4.39 Å². The minimum atomic E-state index is -0.239. The number of hydrogen-bond acceptors (Lipinski definition) is 3. The Labute approximate surface area is 95.5 Å². The molecule has 1 unspecified atom stereocenters. The molecule has 0 aromatic carbocycles. The molecule has 0 bridgehead atoms. The summed E-state index contributed by atoms with van der Waals surface area (Å²) in [6.45, 7) is 3.60. The molecule has 1 fully saturated rings. The van der Waals surface area contributed by atoms with Gasteiger partial charge in [0.15, 0.2) is 0 Å². The molecule has 1 aliphatic carbocycles. The number of nitrogens with zero attached hydrogens (tertiary/aromatic N) is 1. The maximum absolute atomic E-state index is 13.2. The first-order chi connectivity index (χ1) is 7.75. The first-order valence-corrected chi connectivity index (χ1v) is 5.81. The highest BCUT2D eigenvalue weighted by atomic mass is 19.1. The van der Waals surface area contributed by atoms with Gasteiger partial charge in [0.2, 0.25) is 0 Å². The number of nitrogens with one attached hydrogen (secondary N) is 2. The van der Waals surface area contributed by atoms with E-state index in [2.05, 4.69) is 22.5 Å². The predicted molar refractivity (Wildman–Crippen MR) is 61.5 cm³/mol. The number of pyridine rings is 1. The fourth-order valence-corrected chi connectivity index (χ4v) is 1.53. The van der Waals surface area contributed by atoms with E-state index in [1.54, 1.807) is 12.3 Å². The molecule has 0 radical (unpaired) electrons. The highest BCUT2D eigenvalue weighted by Gasteiger charge is 2.20. The van der Waals surface area contributed by atoms with E-state index < -0.39 is 0 Å². The first-order valence-electron chi connectivity index (χ1n) is 5.81. The fraction of sp³-hybridized carbons (Fsp3) is 0.583. The van der Waals surface area contributed by atoms with Gasteiger partial charge in [0.05, 0.1) is 6.20 Å². The molecule has 16 heavy (non-hydrogen) atoms. The van der Waals surface area contributed by atoms with Gasteiger partial charge in [-0.15, -0.1) is 0 Å². The molecule has 1 heterocycles. The van der Waals surface area contributed by atoms with Gasteiger partial charge < -0.3 is 10.6 Å². The van der Waals surface area contributed by atoms with Gasteiger partial charge in [0.25, 0.3) is 0 Å². The van der Waals surface area contributed by atoms with E-state index in [0.29, 0.717) is 18.2 Å². The van der Waals surface area contributed by atoms with Gasteiger partial charge in [-0.05, 0) is 25.8 Å². The lowest BCUT2D eigenvalue weighted by atomic mass is 10.2. The molecule has 2 rings (SSSR count). The summed E-state index contributed by atoms with van der Waals surface area (Å²) >= 11 is 0. The zero-order chi connectivity index (χ0) is 11.4. The molecule has 1 aliphatic rings. The Bertz CT molecular complexity index is 339. The Morgan fingerprint density at radius 2 is 2.38 bits per heavy atom. The van der Waals surface area contributed by atoms with Gasteiger partial charge in [-0.3, -0.25) is 4.98 Å². The van der Waals surface area contributed by atoms with E-state index in [1.807, 2.05) is 0 Å². The summed E-state index contributed by atoms with van der Waals surface area (Å²) in [6.07, 6.45) is 5.47. The van der Waals surface area contributed by atoms with Crippen molar-refractivity contribution < 1.29 is 4.39 Å². The number of halogens is 1. The molecule has 1 atom stereocenters. The Morgan fingerprint density at radius 3 is 3.06 bits per heavy atom. The summed E-state index contributed by atoms with van der Waals surface area (Å²) < 4.78 is 13.2. The van der Waals surface area contributed by atoms with E-state index in [1.165, 1.54) is 19.0 Å². The standard InChI is InChI=1S/C12H18FN3/c1-9(6-16-11-2-3-11)15-7-10-4-5-14-8-12(10)13/h4-5,8-9,11,15-16H,2-3,6-7H2,1H3. The first kappa shape index (κ1) is 11.5. The minimum absolute atomic E-state index is 0.239. The van der Waals surface area contributed by atoms with Crippen LogP contribution in [-0.2, 0) is 6.54 Å². The van der Waals surface area contributed by atoms with Crippen LogP contribution in [0.3, 0.4) is 0 Å². The van der Waals surface area contributed by atoms with Crippen molar-refractivity contribution in [3.05, 3.63) is 29.8 Å². The lowest BCUT2D eigenvalue weighted by molar-refractivity contribution is 0.489. The summed E-state index contributed by atoms with van der Waals surface area (Å²) in [4.78, 5) is 3.72. The van der Waals surface area contributed by atoms with Crippen molar-refractivity contribution in [2.45, 2.75) is 38.4 Å². The van der Waals surface area contributed by atoms with Gasteiger partial charge >= 0.3 is 0 Å². The van der Waals surface area contributed by atoms with Gasteiger partial charge in [0, 0.05) is 36.9 Å². The van der Waals surface area contributed by atoms with Crippen LogP contribution >= 0.6 is 0 Å². The summed E-state index contributed by atoms with van der Waals surface area (Å²) in [5.74, 6) is -0.239. The van der Waals surface area contributed by atoms with Crippen molar-refractivity contribution >= 4 is 0 Å². The summed E-state index contributed by atoms with van der Waals surface area (Å²) in [5.41, 5.74) is 0.674. The van der Waals surface area contributed by atoms with E-state index in [-0.39, 0.29) is 5.82 Å². The molecule has 3 nitrogen and oxygen atoms in total. The molecule has 88 valence electrons. The fourth-order valence-electron chi connectivity index (χ4n) is 1.53. The van der Waals surface area contributed by atoms with Crippen LogP contribution in [0.2, 0.25) is 0 Å². The van der Waals surface area contributed by atoms with Crippen molar-refractivity contribution in [2.75, 3.05) is 6.54 Å². The second-order valence-electron chi connectivity index (χ2n) is 4.43. The lowest BCUT2D eigenvalue weighted by Gasteiger charge is -2.14. The zero-order valence-corrected chi connectivity index (χ0v) is 9.54. The van der Waals surface area contributed by atoms with Crippen molar-refractivity contribution in [2.24, 2.45) is 0 Å². The van der Waals surface area contributed by atoms with Crippen LogP contribution in [0.1, 0.15) is 25.3 Å². The molecule has 1 aromatic heterocycles. The molecule has 0 spiro atoms. The Balaban J connectivity index is 1.71. The maximum Gasteiger partial charge on any atom is 0.145 e. The van der Waals surface area contributed by atoms with E-state index in [4.69, 9.17) is 0 Å². The third-order valence-electron chi connectivity index (χ3n) is 2.79. The monoisotopic (exact) mass is 223 g/mol. The van der Waals surface area contributed by atoms with Gasteiger partial charge in [-0.25, -0.2) is 4.39 Å². The Hall–Kier alpha value is -1.00. The van der Waals surface area contributed by atoms with Crippen LogP contribution < -0.4 is 10.6 Å². The largest absolute Gasteiger partial charge is 0.312 e. The van der Waals surface area contributed by atoms with E-state index in [9.17, 15) is 4.39 Å². The lowest BCUT2D eigenvalue weighted by Crippen LogP contribution is -2.36. The smallest absolute Gasteiger partial charge is 0.145 e. The third-order valence-corrected chi connectivity index (χ3v) is 2.79. The summed E-state index contributed by atoms with van der Waals surface area (Å²) in [7, 11) is 0. The Morgan fingerprint density at radius 1 is 1.56 bits per heavy atom. The maximum atomic E-state index is 13.2. The predicted octanol–water partition coefficient (Wildman–Crippen LogP) is 1.45. The third kappa shape index (κ3) is 3.54. The van der Waals surface area contributed by atoms with Crippen molar-refractivity contribution in [1.82, 2.24) is 15.6 Å².